The lowest BCUT2D eigenvalue weighted by Crippen LogP contribution is -2.45. The molecule has 1 fully saturated rings. The van der Waals surface area contributed by atoms with Crippen molar-refractivity contribution in [3.05, 3.63) is 18.1 Å². The molecule has 19 heavy (non-hydrogen) atoms. The summed E-state index contributed by atoms with van der Waals surface area (Å²) in [5.41, 5.74) is -0.311. The Balaban J connectivity index is 2.05. The summed E-state index contributed by atoms with van der Waals surface area (Å²) in [5.74, 6) is 0.486. The SMILES string of the molecule is CCNc1cncc(C(=O)N2CCC(C)(O)CC2)n1. The van der Waals surface area contributed by atoms with Crippen molar-refractivity contribution in [3.8, 4) is 0 Å². The van der Waals surface area contributed by atoms with Gasteiger partial charge in [-0.3, -0.25) is 9.78 Å². The van der Waals surface area contributed by atoms with Crippen molar-refractivity contribution in [2.75, 3.05) is 25.0 Å². The molecule has 6 heteroatoms. The van der Waals surface area contributed by atoms with Crippen molar-refractivity contribution >= 4 is 11.7 Å². The van der Waals surface area contributed by atoms with Gasteiger partial charge in [-0.2, -0.15) is 0 Å². The molecule has 0 atom stereocenters. The van der Waals surface area contributed by atoms with Gasteiger partial charge in [0.15, 0.2) is 0 Å². The minimum atomic E-state index is -0.659. The minimum absolute atomic E-state index is 0.122. The predicted molar refractivity (Wildman–Crippen MR) is 72.0 cm³/mol. The molecule has 2 heterocycles. The van der Waals surface area contributed by atoms with E-state index in [1.807, 2.05) is 6.92 Å². The highest BCUT2D eigenvalue weighted by Crippen LogP contribution is 2.22. The Morgan fingerprint density at radius 1 is 1.47 bits per heavy atom. The van der Waals surface area contributed by atoms with Crippen molar-refractivity contribution < 1.29 is 9.90 Å². The lowest BCUT2D eigenvalue weighted by molar-refractivity contribution is -0.00220. The highest BCUT2D eigenvalue weighted by atomic mass is 16.3. The molecule has 1 aromatic heterocycles. The first-order chi connectivity index (χ1) is 9.02. The van der Waals surface area contributed by atoms with Crippen LogP contribution in [0.5, 0.6) is 0 Å². The number of hydrogen-bond donors (Lipinski definition) is 2. The number of rotatable bonds is 3. The van der Waals surface area contributed by atoms with Gasteiger partial charge in [0.25, 0.3) is 5.91 Å². The van der Waals surface area contributed by atoms with Crippen molar-refractivity contribution in [1.82, 2.24) is 14.9 Å². The Labute approximate surface area is 112 Å². The van der Waals surface area contributed by atoms with Crippen molar-refractivity contribution in [3.63, 3.8) is 0 Å². The monoisotopic (exact) mass is 264 g/mol. The summed E-state index contributed by atoms with van der Waals surface area (Å²) in [4.78, 5) is 22.3. The summed E-state index contributed by atoms with van der Waals surface area (Å²) in [6, 6.07) is 0. The molecule has 1 aliphatic rings. The normalized spacial score (nSPS) is 18.2. The number of aromatic nitrogens is 2. The van der Waals surface area contributed by atoms with E-state index in [1.165, 1.54) is 6.20 Å². The van der Waals surface area contributed by atoms with Crippen LogP contribution in [0.4, 0.5) is 5.82 Å². The average molecular weight is 264 g/mol. The third-order valence-electron chi connectivity index (χ3n) is 3.34. The molecular weight excluding hydrogens is 244 g/mol. The van der Waals surface area contributed by atoms with Crippen LogP contribution in [-0.4, -0.2) is 51.1 Å². The number of nitrogens with zero attached hydrogens (tertiary/aromatic N) is 3. The maximum atomic E-state index is 12.3. The van der Waals surface area contributed by atoms with Crippen LogP contribution in [0.3, 0.4) is 0 Å². The smallest absolute Gasteiger partial charge is 0.274 e. The number of anilines is 1. The second-order valence-corrected chi connectivity index (χ2v) is 5.11. The zero-order chi connectivity index (χ0) is 13.9. The molecule has 0 aliphatic carbocycles. The van der Waals surface area contributed by atoms with E-state index in [4.69, 9.17) is 0 Å². The van der Waals surface area contributed by atoms with Gasteiger partial charge in [-0.15, -0.1) is 0 Å². The van der Waals surface area contributed by atoms with Gasteiger partial charge in [-0.1, -0.05) is 0 Å². The first-order valence-electron chi connectivity index (χ1n) is 6.59. The average Bonchev–Trinajstić information content (AvgIpc) is 2.39. The van der Waals surface area contributed by atoms with Crippen LogP contribution in [0.25, 0.3) is 0 Å². The van der Waals surface area contributed by atoms with E-state index in [0.717, 1.165) is 6.54 Å². The van der Waals surface area contributed by atoms with Gasteiger partial charge in [0.05, 0.1) is 18.0 Å². The lowest BCUT2D eigenvalue weighted by atomic mass is 9.94. The van der Waals surface area contributed by atoms with Crippen molar-refractivity contribution in [2.24, 2.45) is 0 Å². The zero-order valence-corrected chi connectivity index (χ0v) is 11.4. The molecule has 1 saturated heterocycles. The van der Waals surface area contributed by atoms with Crippen LogP contribution in [0, 0.1) is 0 Å². The Bertz CT molecular complexity index is 452. The van der Waals surface area contributed by atoms with E-state index < -0.39 is 5.60 Å². The summed E-state index contributed by atoms with van der Waals surface area (Å²) in [6.45, 7) is 5.61. The van der Waals surface area contributed by atoms with Gasteiger partial charge in [-0.25, -0.2) is 4.98 Å². The second-order valence-electron chi connectivity index (χ2n) is 5.11. The van der Waals surface area contributed by atoms with Gasteiger partial charge < -0.3 is 15.3 Å². The molecule has 0 radical (unpaired) electrons. The molecule has 0 saturated carbocycles. The van der Waals surface area contributed by atoms with Gasteiger partial charge in [0.1, 0.15) is 11.5 Å². The number of carbonyl (C=O) groups is 1. The van der Waals surface area contributed by atoms with Gasteiger partial charge in [0.2, 0.25) is 0 Å². The summed E-state index contributed by atoms with van der Waals surface area (Å²) in [6.07, 6.45) is 4.27. The van der Waals surface area contributed by atoms with Crippen LogP contribution in [0.15, 0.2) is 12.4 Å². The van der Waals surface area contributed by atoms with E-state index >= 15 is 0 Å². The molecule has 0 unspecified atom stereocenters. The number of hydrogen-bond acceptors (Lipinski definition) is 5. The topological polar surface area (TPSA) is 78.4 Å². The minimum Gasteiger partial charge on any atom is -0.390 e. The summed E-state index contributed by atoms with van der Waals surface area (Å²) in [7, 11) is 0. The molecule has 6 nitrogen and oxygen atoms in total. The van der Waals surface area contributed by atoms with E-state index in [2.05, 4.69) is 15.3 Å². The highest BCUT2D eigenvalue weighted by molar-refractivity contribution is 5.92. The standard InChI is InChI=1S/C13H20N4O2/c1-3-15-11-9-14-8-10(16-11)12(18)17-6-4-13(2,19)5-7-17/h8-9,19H,3-7H2,1-2H3,(H,15,16). The molecule has 1 aromatic rings. The molecule has 104 valence electrons. The van der Waals surface area contributed by atoms with Crippen LogP contribution in [-0.2, 0) is 0 Å². The summed E-state index contributed by atoms with van der Waals surface area (Å²) in [5, 5.41) is 12.9. The van der Waals surface area contributed by atoms with E-state index in [9.17, 15) is 9.90 Å². The molecule has 0 aromatic carbocycles. The van der Waals surface area contributed by atoms with E-state index in [0.29, 0.717) is 37.4 Å². The van der Waals surface area contributed by atoms with Crippen LogP contribution in [0.2, 0.25) is 0 Å². The van der Waals surface area contributed by atoms with Crippen LogP contribution >= 0.6 is 0 Å². The first kappa shape index (κ1) is 13.7. The number of aliphatic hydroxyl groups is 1. The second kappa shape index (κ2) is 5.52. The molecule has 2 rings (SSSR count). The number of nitrogens with one attached hydrogen (secondary N) is 1. The highest BCUT2D eigenvalue weighted by Gasteiger charge is 2.30. The quantitative estimate of drug-likeness (QED) is 0.848. The Morgan fingerprint density at radius 2 is 2.16 bits per heavy atom. The number of carbonyl (C=O) groups excluding carboxylic acids is 1. The van der Waals surface area contributed by atoms with E-state index in [-0.39, 0.29) is 5.91 Å². The Morgan fingerprint density at radius 3 is 2.79 bits per heavy atom. The molecule has 1 aliphatic heterocycles. The maximum Gasteiger partial charge on any atom is 0.274 e. The molecule has 1 amide bonds. The van der Waals surface area contributed by atoms with Crippen LogP contribution < -0.4 is 5.32 Å². The summed E-state index contributed by atoms with van der Waals surface area (Å²) >= 11 is 0. The van der Waals surface area contributed by atoms with Crippen LogP contribution in [0.1, 0.15) is 37.2 Å². The third-order valence-corrected chi connectivity index (χ3v) is 3.34. The van der Waals surface area contributed by atoms with Crippen molar-refractivity contribution in [1.29, 1.82) is 0 Å². The Kier molecular flexibility index (Phi) is 3.99. The largest absolute Gasteiger partial charge is 0.390 e. The van der Waals surface area contributed by atoms with Crippen molar-refractivity contribution in [2.45, 2.75) is 32.3 Å². The lowest BCUT2D eigenvalue weighted by Gasteiger charge is -2.35. The predicted octanol–water partition coefficient (Wildman–Crippen LogP) is 0.895. The fraction of sp³-hybridized carbons (Fsp3) is 0.615. The maximum absolute atomic E-state index is 12.3. The first-order valence-corrected chi connectivity index (χ1v) is 6.59. The molecule has 0 bridgehead atoms. The van der Waals surface area contributed by atoms with Gasteiger partial charge in [-0.05, 0) is 26.7 Å². The Hall–Kier alpha value is -1.69. The number of piperidine rings is 1. The fourth-order valence-corrected chi connectivity index (χ4v) is 2.09. The van der Waals surface area contributed by atoms with Gasteiger partial charge in [0, 0.05) is 19.6 Å². The zero-order valence-electron chi connectivity index (χ0n) is 11.4. The summed E-state index contributed by atoms with van der Waals surface area (Å²) < 4.78 is 0. The van der Waals surface area contributed by atoms with Gasteiger partial charge >= 0.3 is 0 Å². The molecule has 2 N–H and O–H groups in total. The van der Waals surface area contributed by atoms with E-state index in [1.54, 1.807) is 18.0 Å². The number of amides is 1. The number of likely N-dealkylation sites (tertiary alicyclic amines) is 1. The third kappa shape index (κ3) is 3.41. The molecule has 0 spiro atoms. The fourth-order valence-electron chi connectivity index (χ4n) is 2.09. The molecular formula is C13H20N4O2.